The summed E-state index contributed by atoms with van der Waals surface area (Å²) in [6.45, 7) is 1.78. The van der Waals surface area contributed by atoms with Gasteiger partial charge in [-0.2, -0.15) is 8.78 Å². The van der Waals surface area contributed by atoms with E-state index < -0.39 is 29.5 Å². The summed E-state index contributed by atoms with van der Waals surface area (Å²) in [4.78, 5) is 15.0. The summed E-state index contributed by atoms with van der Waals surface area (Å²) in [5.74, 6) is -4.76. The molecule has 5 nitrogen and oxygen atoms in total. The molecule has 1 heterocycles. The fourth-order valence-corrected chi connectivity index (χ4v) is 5.08. The maximum Gasteiger partial charge on any atom is 0.349 e. The first-order valence-corrected chi connectivity index (χ1v) is 13.2. The van der Waals surface area contributed by atoms with Crippen molar-refractivity contribution in [2.75, 3.05) is 19.6 Å². The number of rotatable bonds is 9. The van der Waals surface area contributed by atoms with Crippen LogP contribution < -0.4 is 10.1 Å². The highest BCUT2D eigenvalue weighted by Gasteiger charge is 2.43. The molecule has 0 bridgehead atoms. The summed E-state index contributed by atoms with van der Waals surface area (Å²) < 4.78 is 36.5. The second-order valence-corrected chi connectivity index (χ2v) is 10.7. The number of aliphatic hydroxyl groups excluding tert-OH is 1. The van der Waals surface area contributed by atoms with Crippen LogP contribution in [0.15, 0.2) is 54.6 Å². The standard InChI is InChI=1S/C28H28Cl2F2N2O3/c29-21-7-4-17-13-20(6-3-18(17)14-21)28(31,32)27(36)33-24(16-34-11-1-2-12-34)26(35)19-5-10-25(23(30)15-19)37-22-8-9-22/h3-7,10,13-15,22,24,26,35H,1-2,8-9,11-12,16H2,(H,33,36)/t24-,26-/m1/s1. The van der Waals surface area contributed by atoms with E-state index in [-0.39, 0.29) is 12.6 Å². The highest BCUT2D eigenvalue weighted by Crippen LogP contribution is 2.35. The van der Waals surface area contributed by atoms with Crippen LogP contribution in [0.1, 0.15) is 42.9 Å². The van der Waals surface area contributed by atoms with E-state index in [0.717, 1.165) is 38.8 Å². The van der Waals surface area contributed by atoms with Gasteiger partial charge in [-0.25, -0.2) is 0 Å². The Kier molecular flexibility index (Phi) is 7.59. The normalized spacial score (nSPS) is 18.1. The molecule has 2 aliphatic rings. The topological polar surface area (TPSA) is 61.8 Å². The van der Waals surface area contributed by atoms with Gasteiger partial charge < -0.3 is 20.1 Å². The highest BCUT2D eigenvalue weighted by molar-refractivity contribution is 6.32. The monoisotopic (exact) mass is 548 g/mol. The number of halogens is 4. The Hall–Kier alpha value is -2.45. The average molecular weight is 549 g/mol. The third-order valence-corrected chi connectivity index (χ3v) is 7.45. The van der Waals surface area contributed by atoms with Gasteiger partial charge in [-0.1, -0.05) is 47.5 Å². The van der Waals surface area contributed by atoms with E-state index in [1.54, 1.807) is 36.4 Å². The summed E-state index contributed by atoms with van der Waals surface area (Å²) in [6, 6.07) is 12.9. The van der Waals surface area contributed by atoms with Gasteiger partial charge in [-0.05, 0) is 85.4 Å². The van der Waals surface area contributed by atoms with E-state index in [2.05, 4.69) is 10.2 Å². The largest absolute Gasteiger partial charge is 0.489 e. The van der Waals surface area contributed by atoms with E-state index in [4.69, 9.17) is 27.9 Å². The molecule has 5 rings (SSSR count). The zero-order valence-corrected chi connectivity index (χ0v) is 21.6. The number of nitrogens with one attached hydrogen (secondary N) is 1. The molecular weight excluding hydrogens is 521 g/mol. The predicted molar refractivity (Wildman–Crippen MR) is 141 cm³/mol. The molecule has 1 saturated heterocycles. The van der Waals surface area contributed by atoms with Gasteiger partial charge in [0.15, 0.2) is 0 Å². The number of nitrogens with zero attached hydrogens (tertiary/aromatic N) is 1. The third-order valence-electron chi connectivity index (χ3n) is 6.92. The Morgan fingerprint density at radius 1 is 1.05 bits per heavy atom. The SMILES string of the molecule is O=C(N[C@H](CN1CCCC1)[C@H](O)c1ccc(OC2CC2)c(Cl)c1)C(F)(F)c1ccc2cc(Cl)ccc2c1. The Bertz CT molecular complexity index is 1300. The molecule has 2 atom stereocenters. The van der Waals surface area contributed by atoms with Crippen molar-refractivity contribution in [3.8, 4) is 5.75 Å². The van der Waals surface area contributed by atoms with Crippen LogP contribution >= 0.6 is 23.2 Å². The molecule has 2 fully saturated rings. The fourth-order valence-electron chi connectivity index (χ4n) is 4.66. The van der Waals surface area contributed by atoms with Gasteiger partial charge in [-0.15, -0.1) is 0 Å². The number of carbonyl (C=O) groups is 1. The number of benzene rings is 3. The van der Waals surface area contributed by atoms with Crippen molar-refractivity contribution in [1.82, 2.24) is 10.2 Å². The first-order chi connectivity index (χ1) is 17.7. The van der Waals surface area contributed by atoms with Crippen molar-refractivity contribution < 1.29 is 23.4 Å². The van der Waals surface area contributed by atoms with Crippen LogP contribution in [0.25, 0.3) is 10.8 Å². The van der Waals surface area contributed by atoms with E-state index in [9.17, 15) is 9.90 Å². The van der Waals surface area contributed by atoms with Crippen molar-refractivity contribution >= 4 is 39.9 Å². The molecule has 196 valence electrons. The van der Waals surface area contributed by atoms with Crippen LogP contribution in [0.5, 0.6) is 5.75 Å². The quantitative estimate of drug-likeness (QED) is 0.339. The maximum absolute atomic E-state index is 15.4. The van der Waals surface area contributed by atoms with Gasteiger partial charge in [0.25, 0.3) is 5.91 Å². The zero-order chi connectivity index (χ0) is 26.2. The molecule has 9 heteroatoms. The minimum Gasteiger partial charge on any atom is -0.489 e. The van der Waals surface area contributed by atoms with Crippen molar-refractivity contribution in [2.24, 2.45) is 0 Å². The molecule has 2 N–H and O–H groups in total. The summed E-state index contributed by atoms with van der Waals surface area (Å²) in [7, 11) is 0. The lowest BCUT2D eigenvalue weighted by molar-refractivity contribution is -0.149. The lowest BCUT2D eigenvalue weighted by atomic mass is 9.99. The molecule has 1 saturated carbocycles. The van der Waals surface area contributed by atoms with Crippen LogP contribution in [0.2, 0.25) is 10.0 Å². The summed E-state index contributed by atoms with van der Waals surface area (Å²) in [5.41, 5.74) is -0.0117. The number of alkyl halides is 2. The first kappa shape index (κ1) is 26.2. The molecule has 1 aliphatic heterocycles. The lowest BCUT2D eigenvalue weighted by Gasteiger charge is -2.30. The molecule has 0 unspecified atom stereocenters. The van der Waals surface area contributed by atoms with Gasteiger partial charge >= 0.3 is 5.92 Å². The molecule has 0 aromatic heterocycles. The van der Waals surface area contributed by atoms with Crippen LogP contribution in [0, 0.1) is 0 Å². The molecule has 1 aliphatic carbocycles. The van der Waals surface area contributed by atoms with Crippen molar-refractivity contribution in [1.29, 1.82) is 0 Å². The van der Waals surface area contributed by atoms with Crippen molar-refractivity contribution in [2.45, 2.75) is 49.9 Å². The predicted octanol–water partition coefficient (Wildman–Crippen LogP) is 6.09. The number of likely N-dealkylation sites (tertiary alicyclic amines) is 1. The minimum atomic E-state index is -3.81. The number of fused-ring (bicyclic) bond motifs is 1. The van der Waals surface area contributed by atoms with Crippen LogP contribution in [0.4, 0.5) is 8.78 Å². The number of hydrogen-bond donors (Lipinski definition) is 2. The molecule has 0 spiro atoms. The Labute approximate surface area is 224 Å². The van der Waals surface area contributed by atoms with Gasteiger partial charge in [-0.3, -0.25) is 4.79 Å². The molecular formula is C28H28Cl2F2N2O3. The van der Waals surface area contributed by atoms with E-state index in [0.29, 0.717) is 32.1 Å². The maximum atomic E-state index is 15.4. The Balaban J connectivity index is 1.37. The number of carbonyl (C=O) groups excluding carboxylic acids is 1. The number of ether oxygens (including phenoxy) is 1. The smallest absolute Gasteiger partial charge is 0.349 e. The number of aliphatic hydroxyl groups is 1. The third kappa shape index (κ3) is 6.01. The van der Waals surface area contributed by atoms with Crippen LogP contribution in [0.3, 0.4) is 0 Å². The number of amides is 1. The average Bonchev–Trinajstić information content (AvgIpc) is 3.55. The number of hydrogen-bond acceptors (Lipinski definition) is 4. The van der Waals surface area contributed by atoms with Gasteiger partial charge in [0.1, 0.15) is 11.9 Å². The Morgan fingerprint density at radius 3 is 2.46 bits per heavy atom. The second kappa shape index (κ2) is 10.7. The highest BCUT2D eigenvalue weighted by atomic mass is 35.5. The molecule has 1 amide bonds. The van der Waals surface area contributed by atoms with Crippen molar-refractivity contribution in [3.63, 3.8) is 0 Å². The van der Waals surface area contributed by atoms with E-state index in [1.165, 1.54) is 18.2 Å². The summed E-state index contributed by atoms with van der Waals surface area (Å²) >= 11 is 12.4. The van der Waals surface area contributed by atoms with Gasteiger partial charge in [0, 0.05) is 17.1 Å². The summed E-state index contributed by atoms with van der Waals surface area (Å²) in [5, 5.41) is 15.7. The van der Waals surface area contributed by atoms with Crippen LogP contribution in [-0.2, 0) is 10.7 Å². The van der Waals surface area contributed by atoms with Gasteiger partial charge in [0.05, 0.1) is 17.2 Å². The molecule has 3 aromatic carbocycles. The molecule has 37 heavy (non-hydrogen) atoms. The first-order valence-electron chi connectivity index (χ1n) is 12.5. The van der Waals surface area contributed by atoms with Crippen LogP contribution in [-0.4, -0.2) is 47.7 Å². The zero-order valence-electron chi connectivity index (χ0n) is 20.1. The molecule has 0 radical (unpaired) electrons. The van der Waals surface area contributed by atoms with Gasteiger partial charge in [0.2, 0.25) is 0 Å². The van der Waals surface area contributed by atoms with E-state index in [1.807, 2.05) is 0 Å². The Morgan fingerprint density at radius 2 is 1.76 bits per heavy atom. The van der Waals surface area contributed by atoms with Crippen molar-refractivity contribution in [3.05, 3.63) is 75.8 Å². The fraction of sp³-hybridized carbons (Fsp3) is 0.393. The molecule has 3 aromatic rings. The second-order valence-electron chi connectivity index (χ2n) is 9.82. The summed E-state index contributed by atoms with van der Waals surface area (Å²) in [6.07, 6.45) is 2.82. The van der Waals surface area contributed by atoms with E-state index >= 15 is 8.78 Å². The lowest BCUT2D eigenvalue weighted by Crippen LogP contribution is -2.50. The minimum absolute atomic E-state index is 0.157.